The molecule has 1 aromatic carbocycles. The Kier molecular flexibility index (Phi) is 4.26. The van der Waals surface area contributed by atoms with Crippen LogP contribution in [0.2, 0.25) is 0 Å². The number of likely N-dealkylation sites (N-methyl/N-ethyl adjacent to an activating group) is 1. The predicted octanol–water partition coefficient (Wildman–Crippen LogP) is 2.69. The van der Waals surface area contributed by atoms with Crippen LogP contribution in [0.5, 0.6) is 17.2 Å². The summed E-state index contributed by atoms with van der Waals surface area (Å²) < 4.78 is 17.1. The van der Waals surface area contributed by atoms with Crippen molar-refractivity contribution in [2.75, 3.05) is 26.9 Å². The number of nitrogens with zero attached hydrogens (tertiary/aromatic N) is 1. The minimum atomic E-state index is -0.0636. The highest BCUT2D eigenvalue weighted by molar-refractivity contribution is 8.26. The minimum Gasteiger partial charge on any atom is -0.493 e. The monoisotopic (exact) mass is 337 g/mol. The van der Waals surface area contributed by atoms with Gasteiger partial charge in [-0.3, -0.25) is 9.69 Å². The summed E-state index contributed by atoms with van der Waals surface area (Å²) in [7, 11) is 1.58. The molecule has 2 aliphatic heterocycles. The molecule has 116 valence electrons. The third-order valence-corrected chi connectivity index (χ3v) is 4.72. The molecule has 1 fully saturated rings. The fourth-order valence-corrected chi connectivity index (χ4v) is 3.68. The van der Waals surface area contributed by atoms with Crippen LogP contribution in [0.4, 0.5) is 0 Å². The van der Waals surface area contributed by atoms with Gasteiger partial charge in [-0.1, -0.05) is 24.0 Å². The molecule has 5 nitrogen and oxygen atoms in total. The summed E-state index contributed by atoms with van der Waals surface area (Å²) in [6.45, 7) is 3.47. The first-order valence-electron chi connectivity index (χ1n) is 6.87. The molecule has 2 heterocycles. The van der Waals surface area contributed by atoms with Crippen LogP contribution < -0.4 is 14.2 Å². The minimum absolute atomic E-state index is 0.0636. The second kappa shape index (κ2) is 6.18. The van der Waals surface area contributed by atoms with Gasteiger partial charge in [-0.2, -0.15) is 0 Å². The van der Waals surface area contributed by atoms with Gasteiger partial charge >= 0.3 is 0 Å². The summed E-state index contributed by atoms with van der Waals surface area (Å²) in [6.07, 6.45) is 1.80. The molecule has 0 aromatic heterocycles. The number of thioether (sulfide) groups is 1. The van der Waals surface area contributed by atoms with Gasteiger partial charge in [0.1, 0.15) is 17.5 Å². The lowest BCUT2D eigenvalue weighted by molar-refractivity contribution is -0.121. The molecule has 22 heavy (non-hydrogen) atoms. The number of benzene rings is 1. The number of methoxy groups -OCH3 is 1. The highest BCUT2D eigenvalue weighted by atomic mass is 32.2. The number of carbonyl (C=O) groups is 1. The molecular formula is C15H15NO4S2. The molecule has 2 aliphatic rings. The summed E-state index contributed by atoms with van der Waals surface area (Å²) >= 11 is 6.52. The highest BCUT2D eigenvalue weighted by Gasteiger charge is 2.30. The third-order valence-electron chi connectivity index (χ3n) is 3.34. The molecule has 0 atom stereocenters. The smallest absolute Gasteiger partial charge is 0.266 e. The molecule has 1 amide bonds. The molecule has 0 unspecified atom stereocenters. The zero-order chi connectivity index (χ0) is 15.7. The molecule has 3 rings (SSSR count). The standard InChI is InChI=1S/C15H15NO4S2/c1-3-16-14(17)12(22-15(16)21)8-9-6-10(18-2)13-11(7-9)19-4-5-20-13/h6-8H,3-5H2,1-2H3/b12-8+. The van der Waals surface area contributed by atoms with Crippen molar-refractivity contribution in [1.29, 1.82) is 0 Å². The van der Waals surface area contributed by atoms with Gasteiger partial charge in [-0.25, -0.2) is 0 Å². The Labute approximate surface area is 138 Å². The zero-order valence-electron chi connectivity index (χ0n) is 12.3. The molecule has 0 N–H and O–H groups in total. The zero-order valence-corrected chi connectivity index (χ0v) is 13.9. The molecule has 0 spiro atoms. The number of amides is 1. The number of rotatable bonds is 3. The molecular weight excluding hydrogens is 322 g/mol. The lowest BCUT2D eigenvalue weighted by atomic mass is 10.1. The van der Waals surface area contributed by atoms with E-state index in [1.54, 1.807) is 18.1 Å². The maximum absolute atomic E-state index is 12.3. The van der Waals surface area contributed by atoms with Gasteiger partial charge < -0.3 is 14.2 Å². The van der Waals surface area contributed by atoms with Crippen molar-refractivity contribution in [3.05, 3.63) is 22.6 Å². The number of hydrogen-bond donors (Lipinski definition) is 0. The SMILES string of the molecule is CCN1C(=O)/C(=C\c2cc(OC)c3c(c2)OCCO3)SC1=S. The molecule has 7 heteroatoms. The van der Waals surface area contributed by atoms with E-state index in [0.717, 1.165) is 5.56 Å². The summed E-state index contributed by atoms with van der Waals surface area (Å²) in [5, 5.41) is 0. The van der Waals surface area contributed by atoms with Crippen LogP contribution in [0.3, 0.4) is 0 Å². The van der Waals surface area contributed by atoms with Crippen molar-refractivity contribution in [1.82, 2.24) is 4.90 Å². The maximum atomic E-state index is 12.3. The number of fused-ring (bicyclic) bond motifs is 1. The lowest BCUT2D eigenvalue weighted by Crippen LogP contribution is -2.27. The summed E-state index contributed by atoms with van der Waals surface area (Å²) in [5.74, 6) is 1.76. The van der Waals surface area contributed by atoms with Crippen molar-refractivity contribution >= 4 is 40.3 Å². The van der Waals surface area contributed by atoms with E-state index in [1.807, 2.05) is 19.1 Å². The second-order valence-electron chi connectivity index (χ2n) is 4.67. The van der Waals surface area contributed by atoms with Crippen molar-refractivity contribution in [3.8, 4) is 17.2 Å². The van der Waals surface area contributed by atoms with Crippen LogP contribution in [0, 0.1) is 0 Å². The summed E-state index contributed by atoms with van der Waals surface area (Å²) in [5.41, 5.74) is 0.817. The van der Waals surface area contributed by atoms with E-state index in [0.29, 0.717) is 46.2 Å². The molecule has 0 aliphatic carbocycles. The van der Waals surface area contributed by atoms with Gasteiger partial charge in [-0.15, -0.1) is 0 Å². The molecule has 1 aromatic rings. The van der Waals surface area contributed by atoms with E-state index < -0.39 is 0 Å². The van der Waals surface area contributed by atoms with Crippen LogP contribution in [-0.2, 0) is 4.79 Å². The van der Waals surface area contributed by atoms with Crippen molar-refractivity contribution < 1.29 is 19.0 Å². The second-order valence-corrected chi connectivity index (χ2v) is 6.35. The highest BCUT2D eigenvalue weighted by Crippen LogP contribution is 2.41. The molecule has 0 radical (unpaired) electrons. The Hall–Kier alpha value is -1.73. The average Bonchev–Trinajstić information content (AvgIpc) is 2.80. The Bertz CT molecular complexity index is 655. The first-order valence-corrected chi connectivity index (χ1v) is 8.09. The number of hydrogen-bond acceptors (Lipinski definition) is 6. The Balaban J connectivity index is 1.97. The van der Waals surface area contributed by atoms with E-state index in [-0.39, 0.29) is 5.91 Å². The van der Waals surface area contributed by atoms with E-state index in [2.05, 4.69) is 0 Å². The van der Waals surface area contributed by atoms with Gasteiger partial charge in [-0.05, 0) is 30.7 Å². The van der Waals surface area contributed by atoms with Crippen LogP contribution in [0.1, 0.15) is 12.5 Å². The Morgan fingerprint density at radius 3 is 2.86 bits per heavy atom. The molecule has 0 bridgehead atoms. The lowest BCUT2D eigenvalue weighted by Gasteiger charge is -2.21. The van der Waals surface area contributed by atoms with Gasteiger partial charge in [0, 0.05) is 6.54 Å². The van der Waals surface area contributed by atoms with Crippen LogP contribution in [0.25, 0.3) is 6.08 Å². The average molecular weight is 337 g/mol. The van der Waals surface area contributed by atoms with Crippen molar-refractivity contribution in [3.63, 3.8) is 0 Å². The van der Waals surface area contributed by atoms with Crippen LogP contribution in [0.15, 0.2) is 17.0 Å². The summed E-state index contributed by atoms with van der Waals surface area (Å²) in [4.78, 5) is 14.4. The number of thiocarbonyl (C=S) groups is 1. The third kappa shape index (κ3) is 2.66. The number of ether oxygens (including phenoxy) is 3. The van der Waals surface area contributed by atoms with E-state index in [9.17, 15) is 4.79 Å². The van der Waals surface area contributed by atoms with Crippen molar-refractivity contribution in [2.24, 2.45) is 0 Å². The van der Waals surface area contributed by atoms with E-state index in [4.69, 9.17) is 26.4 Å². The fourth-order valence-electron chi connectivity index (χ4n) is 2.30. The predicted molar refractivity (Wildman–Crippen MR) is 89.5 cm³/mol. The van der Waals surface area contributed by atoms with Crippen LogP contribution >= 0.6 is 24.0 Å². The largest absolute Gasteiger partial charge is 0.493 e. The Morgan fingerprint density at radius 1 is 1.41 bits per heavy atom. The van der Waals surface area contributed by atoms with E-state index >= 15 is 0 Å². The summed E-state index contributed by atoms with van der Waals surface area (Å²) in [6, 6.07) is 3.67. The van der Waals surface area contributed by atoms with Gasteiger partial charge in [0.25, 0.3) is 5.91 Å². The van der Waals surface area contributed by atoms with Gasteiger partial charge in [0.2, 0.25) is 5.75 Å². The maximum Gasteiger partial charge on any atom is 0.266 e. The Morgan fingerprint density at radius 2 is 2.18 bits per heavy atom. The van der Waals surface area contributed by atoms with Gasteiger partial charge in [0.05, 0.1) is 12.0 Å². The molecule has 0 saturated carbocycles. The van der Waals surface area contributed by atoms with Gasteiger partial charge in [0.15, 0.2) is 11.5 Å². The molecule has 1 saturated heterocycles. The quantitative estimate of drug-likeness (QED) is 0.624. The van der Waals surface area contributed by atoms with Crippen LogP contribution in [-0.4, -0.2) is 42.0 Å². The number of carbonyl (C=O) groups excluding carboxylic acids is 1. The first kappa shape index (κ1) is 15.2. The normalized spacial score (nSPS) is 19.0. The topological polar surface area (TPSA) is 48.0 Å². The first-order chi connectivity index (χ1) is 10.6. The fraction of sp³-hybridized carbons (Fsp3) is 0.333. The van der Waals surface area contributed by atoms with E-state index in [1.165, 1.54) is 11.8 Å². The van der Waals surface area contributed by atoms with Crippen molar-refractivity contribution in [2.45, 2.75) is 6.92 Å².